The quantitative estimate of drug-likeness (QED) is 0.491. The van der Waals surface area contributed by atoms with E-state index < -0.39 is 0 Å². The average Bonchev–Trinajstić information content (AvgIpc) is 1.86. The molecule has 0 radical (unpaired) electrons. The second-order valence-corrected chi connectivity index (χ2v) is 3.24. The Kier molecular flexibility index (Phi) is 4.59. The first-order chi connectivity index (χ1) is 5.07. The van der Waals surface area contributed by atoms with Crippen LogP contribution in [0.3, 0.4) is 0 Å². The lowest BCUT2D eigenvalue weighted by Gasteiger charge is -2.05. The van der Waals surface area contributed by atoms with E-state index in [0.29, 0.717) is 5.92 Å². The second-order valence-electron chi connectivity index (χ2n) is 3.24. The maximum absolute atomic E-state index is 5.17. The zero-order valence-electron chi connectivity index (χ0n) is 7.89. The number of nitrogens with two attached hydrogens (primary N) is 1. The van der Waals surface area contributed by atoms with Gasteiger partial charge in [0, 0.05) is 5.70 Å². The summed E-state index contributed by atoms with van der Waals surface area (Å²) in [5.41, 5.74) is 7.54. The SMILES string of the molecule is C/C(CC(C)C)=C(\C)N=CN. The largest absolute Gasteiger partial charge is 0.390 e. The number of hydrogen-bond donors (Lipinski definition) is 1. The van der Waals surface area contributed by atoms with Gasteiger partial charge in [0.05, 0.1) is 6.34 Å². The van der Waals surface area contributed by atoms with Gasteiger partial charge < -0.3 is 5.73 Å². The fraction of sp³-hybridized carbons (Fsp3) is 0.667. The fourth-order valence-electron chi connectivity index (χ4n) is 0.982. The zero-order valence-corrected chi connectivity index (χ0v) is 7.89. The van der Waals surface area contributed by atoms with Gasteiger partial charge in [0.25, 0.3) is 0 Å². The molecule has 0 atom stereocenters. The van der Waals surface area contributed by atoms with E-state index in [0.717, 1.165) is 12.1 Å². The van der Waals surface area contributed by atoms with Gasteiger partial charge in [0.2, 0.25) is 0 Å². The van der Waals surface area contributed by atoms with Gasteiger partial charge in [0.15, 0.2) is 0 Å². The Labute approximate surface area is 69.2 Å². The van der Waals surface area contributed by atoms with Crippen LogP contribution in [0.15, 0.2) is 16.3 Å². The molecule has 2 heteroatoms. The van der Waals surface area contributed by atoms with Gasteiger partial charge in [-0.3, -0.25) is 0 Å². The number of allylic oxidation sites excluding steroid dienone is 2. The number of nitrogens with zero attached hydrogens (tertiary/aromatic N) is 1. The summed E-state index contributed by atoms with van der Waals surface area (Å²) in [4.78, 5) is 4.01. The lowest BCUT2D eigenvalue weighted by Crippen LogP contribution is -1.93. The molecule has 0 aromatic rings. The summed E-state index contributed by atoms with van der Waals surface area (Å²) in [6.45, 7) is 8.48. The van der Waals surface area contributed by atoms with Crippen molar-refractivity contribution >= 4 is 6.34 Å². The molecule has 0 aromatic heterocycles. The van der Waals surface area contributed by atoms with Crippen LogP contribution in [0.2, 0.25) is 0 Å². The average molecular weight is 154 g/mol. The molecule has 0 heterocycles. The highest BCUT2D eigenvalue weighted by Crippen LogP contribution is 2.14. The van der Waals surface area contributed by atoms with Crippen molar-refractivity contribution in [1.29, 1.82) is 0 Å². The van der Waals surface area contributed by atoms with Crippen molar-refractivity contribution in [3.05, 3.63) is 11.3 Å². The van der Waals surface area contributed by atoms with Gasteiger partial charge >= 0.3 is 0 Å². The molecule has 0 amide bonds. The van der Waals surface area contributed by atoms with E-state index in [1.54, 1.807) is 0 Å². The van der Waals surface area contributed by atoms with Crippen molar-refractivity contribution in [2.24, 2.45) is 16.6 Å². The summed E-state index contributed by atoms with van der Waals surface area (Å²) < 4.78 is 0. The van der Waals surface area contributed by atoms with E-state index in [9.17, 15) is 0 Å². The summed E-state index contributed by atoms with van der Waals surface area (Å²) in [6, 6.07) is 0. The van der Waals surface area contributed by atoms with E-state index in [4.69, 9.17) is 5.73 Å². The minimum Gasteiger partial charge on any atom is -0.390 e. The molecule has 0 aliphatic rings. The van der Waals surface area contributed by atoms with Gasteiger partial charge in [0.1, 0.15) is 0 Å². The molecule has 0 rings (SSSR count). The lowest BCUT2D eigenvalue weighted by atomic mass is 10.0. The highest BCUT2D eigenvalue weighted by molar-refractivity contribution is 5.53. The maximum atomic E-state index is 5.17. The van der Waals surface area contributed by atoms with Crippen molar-refractivity contribution in [2.45, 2.75) is 34.1 Å². The molecule has 2 nitrogen and oxygen atoms in total. The summed E-state index contributed by atoms with van der Waals surface area (Å²) in [5.74, 6) is 0.693. The van der Waals surface area contributed by atoms with Gasteiger partial charge in [-0.2, -0.15) is 0 Å². The van der Waals surface area contributed by atoms with Crippen LogP contribution in [0.4, 0.5) is 0 Å². The molecule has 0 saturated heterocycles. The van der Waals surface area contributed by atoms with E-state index in [1.807, 2.05) is 6.92 Å². The predicted octanol–water partition coefficient (Wildman–Crippen LogP) is 2.31. The summed E-state index contributed by atoms with van der Waals surface area (Å²) in [5, 5.41) is 0. The molecule has 0 aliphatic heterocycles. The van der Waals surface area contributed by atoms with Gasteiger partial charge in [-0.1, -0.05) is 19.4 Å². The zero-order chi connectivity index (χ0) is 8.85. The van der Waals surface area contributed by atoms with Crippen LogP contribution in [0.1, 0.15) is 34.1 Å². The van der Waals surface area contributed by atoms with Crippen LogP contribution in [0.5, 0.6) is 0 Å². The normalized spacial score (nSPS) is 14.3. The fourth-order valence-corrected chi connectivity index (χ4v) is 0.982. The molecule has 11 heavy (non-hydrogen) atoms. The molecule has 0 aliphatic carbocycles. The van der Waals surface area contributed by atoms with E-state index >= 15 is 0 Å². The van der Waals surface area contributed by atoms with Crippen LogP contribution in [0, 0.1) is 5.92 Å². The molecular formula is C9H18N2. The van der Waals surface area contributed by atoms with E-state index in [1.165, 1.54) is 11.9 Å². The highest BCUT2D eigenvalue weighted by atomic mass is 14.8. The summed E-state index contributed by atoms with van der Waals surface area (Å²) in [6.07, 6.45) is 2.45. The van der Waals surface area contributed by atoms with Crippen LogP contribution in [0.25, 0.3) is 0 Å². The van der Waals surface area contributed by atoms with Crippen molar-refractivity contribution in [3.8, 4) is 0 Å². The second kappa shape index (κ2) is 4.94. The first kappa shape index (κ1) is 10.2. The molecule has 0 aromatic carbocycles. The molecule has 0 spiro atoms. The van der Waals surface area contributed by atoms with Gasteiger partial charge in [-0.25, -0.2) is 4.99 Å². The Balaban J connectivity index is 4.16. The third-order valence-electron chi connectivity index (χ3n) is 1.60. The predicted molar refractivity (Wildman–Crippen MR) is 50.5 cm³/mol. The van der Waals surface area contributed by atoms with Crippen LogP contribution < -0.4 is 5.73 Å². The topological polar surface area (TPSA) is 38.4 Å². The highest BCUT2D eigenvalue weighted by Gasteiger charge is 1.98. The van der Waals surface area contributed by atoms with Crippen molar-refractivity contribution < 1.29 is 0 Å². The van der Waals surface area contributed by atoms with Crippen LogP contribution >= 0.6 is 0 Å². The Hall–Kier alpha value is -0.790. The number of rotatable bonds is 3. The minimum absolute atomic E-state index is 0.693. The van der Waals surface area contributed by atoms with E-state index in [2.05, 4.69) is 25.8 Å². The van der Waals surface area contributed by atoms with E-state index in [-0.39, 0.29) is 0 Å². The Bertz CT molecular complexity index is 166. The lowest BCUT2D eigenvalue weighted by molar-refractivity contribution is 0.638. The Morgan fingerprint density at radius 1 is 1.45 bits per heavy atom. The first-order valence-corrected chi connectivity index (χ1v) is 3.98. The van der Waals surface area contributed by atoms with Gasteiger partial charge in [-0.15, -0.1) is 0 Å². The Morgan fingerprint density at radius 3 is 2.36 bits per heavy atom. The van der Waals surface area contributed by atoms with Crippen LogP contribution in [-0.4, -0.2) is 6.34 Å². The molecule has 0 bridgehead atoms. The van der Waals surface area contributed by atoms with Crippen molar-refractivity contribution in [1.82, 2.24) is 0 Å². The monoisotopic (exact) mass is 154 g/mol. The Morgan fingerprint density at radius 2 is 2.00 bits per heavy atom. The third kappa shape index (κ3) is 4.59. The summed E-state index contributed by atoms with van der Waals surface area (Å²) >= 11 is 0. The minimum atomic E-state index is 0.693. The third-order valence-corrected chi connectivity index (χ3v) is 1.60. The molecule has 2 N–H and O–H groups in total. The summed E-state index contributed by atoms with van der Waals surface area (Å²) in [7, 11) is 0. The molecule has 0 unspecified atom stereocenters. The van der Waals surface area contributed by atoms with Crippen LogP contribution in [-0.2, 0) is 0 Å². The molecule has 64 valence electrons. The molecule has 0 saturated carbocycles. The van der Waals surface area contributed by atoms with Crippen molar-refractivity contribution in [2.75, 3.05) is 0 Å². The number of aliphatic imine (C=N–C) groups is 1. The van der Waals surface area contributed by atoms with Crippen molar-refractivity contribution in [3.63, 3.8) is 0 Å². The smallest absolute Gasteiger partial charge is 0.0856 e. The molecule has 0 fully saturated rings. The molecular weight excluding hydrogens is 136 g/mol. The first-order valence-electron chi connectivity index (χ1n) is 3.98. The standard InChI is InChI=1S/C9H18N2/c1-7(2)5-8(3)9(4)11-6-10/h6-7H,5H2,1-4H3,(H2,10,11)/b9-8-. The maximum Gasteiger partial charge on any atom is 0.0856 e. The van der Waals surface area contributed by atoms with Gasteiger partial charge in [-0.05, 0) is 26.2 Å². The number of hydrogen-bond acceptors (Lipinski definition) is 1.